The number of benzene rings is 1. The zero-order chi connectivity index (χ0) is 12.5. The Morgan fingerprint density at radius 3 is 3.00 bits per heavy atom. The second-order valence-electron chi connectivity index (χ2n) is 4.42. The highest BCUT2D eigenvalue weighted by molar-refractivity contribution is 5.59. The van der Waals surface area contributed by atoms with Crippen LogP contribution in [-0.2, 0) is 13.6 Å². The summed E-state index contributed by atoms with van der Waals surface area (Å²) in [4.78, 5) is 2.29. The summed E-state index contributed by atoms with van der Waals surface area (Å²) in [5.41, 5.74) is 7.93. The van der Waals surface area contributed by atoms with E-state index in [9.17, 15) is 0 Å². The molecule has 0 saturated carbocycles. The van der Waals surface area contributed by atoms with E-state index in [0.29, 0.717) is 12.4 Å². The quantitative estimate of drug-likeness (QED) is 0.867. The van der Waals surface area contributed by atoms with Gasteiger partial charge in [-0.2, -0.15) is 5.10 Å². The fourth-order valence-corrected chi connectivity index (χ4v) is 2.26. The summed E-state index contributed by atoms with van der Waals surface area (Å²) in [6, 6.07) is 10.0. The summed E-state index contributed by atoms with van der Waals surface area (Å²) >= 11 is 0. The van der Waals surface area contributed by atoms with Crippen molar-refractivity contribution in [1.29, 1.82) is 0 Å². The number of nitrogens with two attached hydrogens (primary N) is 1. The molecule has 0 spiro atoms. The van der Waals surface area contributed by atoms with Crippen LogP contribution in [0.2, 0.25) is 0 Å². The van der Waals surface area contributed by atoms with Crippen LogP contribution in [0.3, 0.4) is 0 Å². The number of ether oxygens (including phenoxy) is 1. The lowest BCUT2D eigenvalue weighted by molar-refractivity contribution is 0.306. The molecule has 2 aromatic rings. The van der Waals surface area contributed by atoms with Gasteiger partial charge in [-0.3, -0.25) is 4.68 Å². The Labute approximate surface area is 106 Å². The minimum absolute atomic E-state index is 0.564. The minimum Gasteiger partial charge on any atom is -0.490 e. The lowest BCUT2D eigenvalue weighted by atomic mass is 10.2. The van der Waals surface area contributed by atoms with Crippen molar-refractivity contribution in [2.75, 3.05) is 23.8 Å². The maximum atomic E-state index is 5.70. The first kappa shape index (κ1) is 11.0. The number of anilines is 2. The summed E-state index contributed by atoms with van der Waals surface area (Å²) in [7, 11) is 1.91. The molecular formula is C13H16N4O. The molecule has 94 valence electrons. The van der Waals surface area contributed by atoms with Gasteiger partial charge < -0.3 is 15.4 Å². The Kier molecular flexibility index (Phi) is 2.59. The number of aryl methyl sites for hydroxylation is 1. The second-order valence-corrected chi connectivity index (χ2v) is 4.42. The van der Waals surface area contributed by atoms with E-state index in [-0.39, 0.29) is 0 Å². The van der Waals surface area contributed by atoms with Gasteiger partial charge in [0, 0.05) is 13.1 Å². The summed E-state index contributed by atoms with van der Waals surface area (Å²) in [5.74, 6) is 1.51. The van der Waals surface area contributed by atoms with Crippen LogP contribution in [0, 0.1) is 0 Å². The third kappa shape index (κ3) is 1.88. The molecule has 0 fully saturated rings. The number of para-hydroxylation sites is 2. The third-order valence-corrected chi connectivity index (χ3v) is 3.17. The minimum atomic E-state index is 0.564. The average molecular weight is 244 g/mol. The molecule has 1 aromatic heterocycles. The topological polar surface area (TPSA) is 56.3 Å². The van der Waals surface area contributed by atoms with Crippen molar-refractivity contribution in [2.24, 2.45) is 7.05 Å². The molecule has 2 N–H and O–H groups in total. The van der Waals surface area contributed by atoms with Gasteiger partial charge in [-0.05, 0) is 12.1 Å². The van der Waals surface area contributed by atoms with Gasteiger partial charge in [0.25, 0.3) is 0 Å². The molecule has 18 heavy (non-hydrogen) atoms. The zero-order valence-corrected chi connectivity index (χ0v) is 10.3. The molecule has 0 amide bonds. The number of fused-ring (bicyclic) bond motifs is 1. The maximum Gasteiger partial charge on any atom is 0.145 e. The predicted molar refractivity (Wildman–Crippen MR) is 70.6 cm³/mol. The number of rotatable bonds is 2. The highest BCUT2D eigenvalue weighted by Gasteiger charge is 2.18. The Morgan fingerprint density at radius 1 is 1.39 bits per heavy atom. The molecule has 1 aliphatic rings. The van der Waals surface area contributed by atoms with E-state index in [1.54, 1.807) is 0 Å². The van der Waals surface area contributed by atoms with E-state index in [1.807, 2.05) is 36.0 Å². The van der Waals surface area contributed by atoms with Crippen molar-refractivity contribution in [1.82, 2.24) is 9.78 Å². The van der Waals surface area contributed by atoms with Crippen molar-refractivity contribution in [3.63, 3.8) is 0 Å². The molecule has 0 atom stereocenters. The first-order chi connectivity index (χ1) is 8.74. The SMILES string of the molecule is Cn1nc(N)cc1CN1CCOc2ccccc21. The molecule has 0 aliphatic carbocycles. The first-order valence-electron chi connectivity index (χ1n) is 5.99. The summed E-state index contributed by atoms with van der Waals surface area (Å²) < 4.78 is 7.46. The monoisotopic (exact) mass is 244 g/mol. The largest absolute Gasteiger partial charge is 0.490 e. The third-order valence-electron chi connectivity index (χ3n) is 3.17. The van der Waals surface area contributed by atoms with Crippen LogP contribution in [0.4, 0.5) is 11.5 Å². The summed E-state index contributed by atoms with van der Waals surface area (Å²) in [5, 5.41) is 4.17. The molecule has 1 aliphatic heterocycles. The van der Waals surface area contributed by atoms with Crippen molar-refractivity contribution >= 4 is 11.5 Å². The maximum absolute atomic E-state index is 5.70. The normalized spacial score (nSPS) is 14.2. The van der Waals surface area contributed by atoms with E-state index < -0.39 is 0 Å². The van der Waals surface area contributed by atoms with Crippen molar-refractivity contribution in [2.45, 2.75) is 6.54 Å². The Morgan fingerprint density at radius 2 is 2.22 bits per heavy atom. The molecule has 0 saturated heterocycles. The first-order valence-corrected chi connectivity index (χ1v) is 5.99. The fraction of sp³-hybridized carbons (Fsp3) is 0.308. The Hall–Kier alpha value is -2.17. The van der Waals surface area contributed by atoms with Crippen molar-refractivity contribution in [3.8, 4) is 5.75 Å². The fourth-order valence-electron chi connectivity index (χ4n) is 2.26. The lowest BCUT2D eigenvalue weighted by Gasteiger charge is -2.31. The van der Waals surface area contributed by atoms with Crippen LogP contribution in [-0.4, -0.2) is 22.9 Å². The molecular weight excluding hydrogens is 228 g/mol. The highest BCUT2D eigenvalue weighted by atomic mass is 16.5. The number of hydrogen-bond acceptors (Lipinski definition) is 4. The van der Waals surface area contributed by atoms with Gasteiger partial charge in [-0.15, -0.1) is 0 Å². The summed E-state index contributed by atoms with van der Waals surface area (Å²) in [6.07, 6.45) is 0. The molecule has 0 bridgehead atoms. The van der Waals surface area contributed by atoms with Crippen LogP contribution >= 0.6 is 0 Å². The van der Waals surface area contributed by atoms with E-state index in [4.69, 9.17) is 10.5 Å². The van der Waals surface area contributed by atoms with Gasteiger partial charge in [0.1, 0.15) is 18.2 Å². The van der Waals surface area contributed by atoms with Crippen molar-refractivity contribution in [3.05, 3.63) is 36.0 Å². The smallest absolute Gasteiger partial charge is 0.145 e. The highest BCUT2D eigenvalue weighted by Crippen LogP contribution is 2.31. The second kappa shape index (κ2) is 4.25. The van der Waals surface area contributed by atoms with Crippen molar-refractivity contribution < 1.29 is 4.74 Å². The molecule has 5 heteroatoms. The molecule has 3 rings (SSSR count). The number of nitrogens with zero attached hydrogens (tertiary/aromatic N) is 3. The van der Waals surface area contributed by atoms with Crippen LogP contribution in [0.15, 0.2) is 30.3 Å². The van der Waals surface area contributed by atoms with E-state index >= 15 is 0 Å². The van der Waals surface area contributed by atoms with Crippen LogP contribution in [0.1, 0.15) is 5.69 Å². The molecule has 0 unspecified atom stereocenters. The number of nitrogen functional groups attached to an aromatic ring is 1. The average Bonchev–Trinajstić information content (AvgIpc) is 2.68. The van der Waals surface area contributed by atoms with Crippen LogP contribution < -0.4 is 15.4 Å². The van der Waals surface area contributed by atoms with Crippen LogP contribution in [0.25, 0.3) is 0 Å². The molecule has 5 nitrogen and oxygen atoms in total. The zero-order valence-electron chi connectivity index (χ0n) is 10.3. The number of aromatic nitrogens is 2. The van der Waals surface area contributed by atoms with Gasteiger partial charge in [0.15, 0.2) is 0 Å². The molecule has 2 heterocycles. The lowest BCUT2D eigenvalue weighted by Crippen LogP contribution is -2.32. The van der Waals surface area contributed by atoms with Gasteiger partial charge in [-0.25, -0.2) is 0 Å². The van der Waals surface area contributed by atoms with Crippen LogP contribution in [0.5, 0.6) is 5.75 Å². The van der Waals surface area contributed by atoms with Gasteiger partial charge in [0.05, 0.1) is 24.5 Å². The van der Waals surface area contributed by atoms with E-state index in [1.165, 1.54) is 0 Å². The predicted octanol–water partition coefficient (Wildman–Crippen LogP) is 1.40. The van der Waals surface area contributed by atoms with Gasteiger partial charge in [-0.1, -0.05) is 12.1 Å². The van der Waals surface area contributed by atoms with E-state index in [2.05, 4.69) is 16.1 Å². The number of hydrogen-bond donors (Lipinski definition) is 1. The van der Waals surface area contributed by atoms with E-state index in [0.717, 1.165) is 30.2 Å². The molecule has 1 aromatic carbocycles. The standard InChI is InChI=1S/C13H16N4O/c1-16-10(8-13(14)15-16)9-17-6-7-18-12-5-3-2-4-11(12)17/h2-5,8H,6-7,9H2,1H3,(H2,14,15). The summed E-state index contributed by atoms with van der Waals surface area (Å²) in [6.45, 7) is 2.38. The van der Waals surface area contributed by atoms with Gasteiger partial charge in [0.2, 0.25) is 0 Å². The Balaban J connectivity index is 1.88. The van der Waals surface area contributed by atoms with Gasteiger partial charge >= 0.3 is 0 Å². The Bertz CT molecular complexity index is 564. The molecule has 0 radical (unpaired) electrons.